The lowest BCUT2D eigenvalue weighted by molar-refractivity contribution is -0.121. The molecule has 1 fully saturated rings. The first kappa shape index (κ1) is 29.5. The van der Waals surface area contributed by atoms with Crippen LogP contribution in [0.25, 0.3) is 33.3 Å². The summed E-state index contributed by atoms with van der Waals surface area (Å²) < 4.78 is 16.3. The lowest BCUT2D eigenvalue weighted by Gasteiger charge is -2.20. The lowest BCUT2D eigenvalue weighted by atomic mass is 9.88. The Hall–Kier alpha value is -3.60. The van der Waals surface area contributed by atoms with Crippen LogP contribution in [-0.4, -0.2) is 49.8 Å². The van der Waals surface area contributed by atoms with Crippen molar-refractivity contribution in [3.63, 3.8) is 0 Å². The lowest BCUT2D eigenvalue weighted by Crippen LogP contribution is -2.22. The summed E-state index contributed by atoms with van der Waals surface area (Å²) in [6.45, 7) is 11.0. The molecule has 0 bridgehead atoms. The smallest absolute Gasteiger partial charge is 0.148 e. The Balaban J connectivity index is 1.20. The van der Waals surface area contributed by atoms with Crippen molar-refractivity contribution in [1.29, 1.82) is 0 Å². The standard InChI is InChI=1S/C32H37ClN6O3Si/c1-21-36-26-10-9-25(15-29(26)39(21)20-41-13-14-43(2,3)4)42-30-12-11-27-32(31(30)33)37-28(17-34-27)23-16-35-38(19-23)18-22-5-7-24(40)8-6-22/h9-12,15-17,19,22H,5-8,13-14,18,20H2,1-4H3. The Bertz CT molecular complexity index is 1780. The van der Waals surface area contributed by atoms with Gasteiger partial charge in [-0.25, -0.2) is 9.97 Å². The molecule has 1 aliphatic carbocycles. The number of aryl methyl sites for hydroxylation is 1. The third-order valence-electron chi connectivity index (χ3n) is 8.01. The predicted octanol–water partition coefficient (Wildman–Crippen LogP) is 7.67. The van der Waals surface area contributed by atoms with Crippen LogP contribution in [0.5, 0.6) is 11.5 Å². The van der Waals surface area contributed by atoms with Crippen molar-refractivity contribution in [3.05, 3.63) is 59.8 Å². The number of halogens is 1. The molecule has 0 N–H and O–H groups in total. The number of nitrogens with zero attached hydrogens (tertiary/aromatic N) is 6. The van der Waals surface area contributed by atoms with Crippen molar-refractivity contribution in [2.24, 2.45) is 5.92 Å². The quantitative estimate of drug-likeness (QED) is 0.117. The highest BCUT2D eigenvalue weighted by Crippen LogP contribution is 2.36. The van der Waals surface area contributed by atoms with Gasteiger partial charge in [-0.3, -0.25) is 14.5 Å². The average molecular weight is 617 g/mol. The summed E-state index contributed by atoms with van der Waals surface area (Å²) in [6.07, 6.45) is 8.70. The zero-order valence-electron chi connectivity index (χ0n) is 25.1. The number of ether oxygens (including phenoxy) is 2. The molecule has 0 aliphatic heterocycles. The summed E-state index contributed by atoms with van der Waals surface area (Å²) in [5.74, 6) is 2.86. The van der Waals surface area contributed by atoms with Crippen LogP contribution in [-0.2, 0) is 22.8 Å². The Labute approximate surface area is 257 Å². The number of ketones is 1. The van der Waals surface area contributed by atoms with Gasteiger partial charge in [-0.2, -0.15) is 5.10 Å². The second kappa shape index (κ2) is 12.2. The van der Waals surface area contributed by atoms with Crippen molar-refractivity contribution >= 4 is 47.5 Å². The van der Waals surface area contributed by atoms with E-state index in [-0.39, 0.29) is 0 Å². The van der Waals surface area contributed by atoms with Crippen LogP contribution in [0.2, 0.25) is 30.7 Å². The van der Waals surface area contributed by atoms with Crippen LogP contribution in [0, 0.1) is 12.8 Å². The molecule has 43 heavy (non-hydrogen) atoms. The fourth-order valence-corrected chi connectivity index (χ4v) is 6.39. The van der Waals surface area contributed by atoms with Crippen molar-refractivity contribution in [1.82, 2.24) is 29.3 Å². The summed E-state index contributed by atoms with van der Waals surface area (Å²) in [6, 6.07) is 10.6. The number of carbonyl (C=O) groups excluding carboxylic acids is 1. The van der Waals surface area contributed by atoms with Gasteiger partial charge in [0.25, 0.3) is 0 Å². The first-order valence-electron chi connectivity index (χ1n) is 14.9. The summed E-state index contributed by atoms with van der Waals surface area (Å²) in [5, 5.41) is 4.94. The number of fused-ring (bicyclic) bond motifs is 2. The van der Waals surface area contributed by atoms with Crippen LogP contribution in [0.1, 0.15) is 31.5 Å². The Kier molecular flexibility index (Phi) is 8.35. The van der Waals surface area contributed by atoms with Crippen LogP contribution in [0.3, 0.4) is 0 Å². The summed E-state index contributed by atoms with van der Waals surface area (Å²) in [5.41, 5.74) is 4.62. The third-order valence-corrected chi connectivity index (χ3v) is 10.1. The molecule has 0 spiro atoms. The van der Waals surface area contributed by atoms with Gasteiger partial charge in [0.2, 0.25) is 0 Å². The average Bonchev–Trinajstić information content (AvgIpc) is 3.56. The van der Waals surface area contributed by atoms with Crippen molar-refractivity contribution in [3.8, 4) is 22.8 Å². The number of aromatic nitrogens is 6. The number of rotatable bonds is 10. The van der Waals surface area contributed by atoms with Gasteiger partial charge >= 0.3 is 0 Å². The van der Waals surface area contributed by atoms with E-state index in [2.05, 4.69) is 34.3 Å². The molecule has 5 aromatic rings. The summed E-state index contributed by atoms with van der Waals surface area (Å²) in [7, 11) is -1.16. The Morgan fingerprint density at radius 2 is 1.84 bits per heavy atom. The number of hydrogen-bond donors (Lipinski definition) is 0. The van der Waals surface area contributed by atoms with Gasteiger partial charge in [0.1, 0.15) is 40.4 Å². The van der Waals surface area contributed by atoms with Crippen molar-refractivity contribution in [2.45, 2.75) is 71.6 Å². The molecule has 9 nitrogen and oxygen atoms in total. The van der Waals surface area contributed by atoms with E-state index in [4.69, 9.17) is 31.0 Å². The van der Waals surface area contributed by atoms with Gasteiger partial charge in [-0.15, -0.1) is 0 Å². The molecule has 11 heteroatoms. The zero-order chi connectivity index (χ0) is 30.1. The molecule has 6 rings (SSSR count). The van der Waals surface area contributed by atoms with E-state index in [0.717, 1.165) is 54.5 Å². The van der Waals surface area contributed by atoms with E-state index < -0.39 is 8.07 Å². The van der Waals surface area contributed by atoms with E-state index in [0.29, 0.717) is 64.5 Å². The van der Waals surface area contributed by atoms with E-state index >= 15 is 0 Å². The van der Waals surface area contributed by atoms with E-state index in [1.54, 1.807) is 12.4 Å². The minimum Gasteiger partial charge on any atom is -0.456 e. The van der Waals surface area contributed by atoms with Gasteiger partial charge in [0.05, 0.1) is 34.6 Å². The number of hydrogen-bond acceptors (Lipinski definition) is 7. The fourth-order valence-electron chi connectivity index (χ4n) is 5.40. The molecule has 0 unspecified atom stereocenters. The zero-order valence-corrected chi connectivity index (χ0v) is 26.9. The normalized spacial score (nSPS) is 14.7. The molecule has 2 aromatic carbocycles. The highest BCUT2D eigenvalue weighted by Gasteiger charge is 2.20. The second-order valence-corrected chi connectivity index (χ2v) is 18.6. The third kappa shape index (κ3) is 6.81. The Morgan fingerprint density at radius 3 is 2.63 bits per heavy atom. The van der Waals surface area contributed by atoms with Crippen LogP contribution < -0.4 is 4.74 Å². The number of carbonyl (C=O) groups is 1. The van der Waals surface area contributed by atoms with E-state index in [1.165, 1.54) is 0 Å². The van der Waals surface area contributed by atoms with Gasteiger partial charge in [0.15, 0.2) is 0 Å². The number of benzene rings is 2. The maximum atomic E-state index is 11.6. The monoisotopic (exact) mass is 616 g/mol. The first-order valence-corrected chi connectivity index (χ1v) is 18.9. The van der Waals surface area contributed by atoms with Gasteiger partial charge in [0, 0.05) is 51.9 Å². The fraction of sp³-hybridized carbons (Fsp3) is 0.406. The van der Waals surface area contributed by atoms with Gasteiger partial charge in [-0.1, -0.05) is 31.2 Å². The van der Waals surface area contributed by atoms with Crippen molar-refractivity contribution in [2.75, 3.05) is 6.61 Å². The van der Waals surface area contributed by atoms with Gasteiger partial charge in [-0.05, 0) is 56.0 Å². The Morgan fingerprint density at radius 1 is 1.05 bits per heavy atom. The summed E-state index contributed by atoms with van der Waals surface area (Å²) >= 11 is 6.86. The van der Waals surface area contributed by atoms with E-state index in [9.17, 15) is 4.79 Å². The first-order chi connectivity index (χ1) is 20.6. The molecule has 0 saturated heterocycles. The van der Waals surface area contributed by atoms with Gasteiger partial charge < -0.3 is 14.0 Å². The van der Waals surface area contributed by atoms with E-state index in [1.807, 2.05) is 48.1 Å². The molecule has 224 valence electrons. The molecule has 0 amide bonds. The van der Waals surface area contributed by atoms with Crippen LogP contribution >= 0.6 is 11.6 Å². The maximum Gasteiger partial charge on any atom is 0.148 e. The second-order valence-electron chi connectivity index (χ2n) is 12.6. The highest BCUT2D eigenvalue weighted by atomic mass is 35.5. The minimum absolute atomic E-state index is 0.365. The largest absolute Gasteiger partial charge is 0.456 e. The molecule has 0 atom stereocenters. The molecule has 3 heterocycles. The highest BCUT2D eigenvalue weighted by molar-refractivity contribution is 6.76. The number of imidazole rings is 1. The molecular formula is C32H37ClN6O3Si. The SMILES string of the molecule is Cc1nc2ccc(Oc3ccc4ncc(-c5cnn(CC6CCC(=O)CC6)c5)nc4c3Cl)cc2n1COCC[Si](C)(C)C. The molecule has 3 aromatic heterocycles. The molecular weight excluding hydrogens is 580 g/mol. The van der Waals surface area contributed by atoms with Crippen LogP contribution in [0.15, 0.2) is 48.9 Å². The molecule has 0 radical (unpaired) electrons. The maximum absolute atomic E-state index is 11.6. The van der Waals surface area contributed by atoms with Crippen molar-refractivity contribution < 1.29 is 14.3 Å². The predicted molar refractivity (Wildman–Crippen MR) is 171 cm³/mol. The number of Topliss-reactive ketones (excluding diaryl/α,β-unsaturated/α-hetero) is 1. The molecule has 1 saturated carbocycles. The topological polar surface area (TPSA) is 97.0 Å². The minimum atomic E-state index is -1.16. The van der Waals surface area contributed by atoms with Crippen LogP contribution in [0.4, 0.5) is 0 Å². The molecule has 1 aliphatic rings. The summed E-state index contributed by atoms with van der Waals surface area (Å²) in [4.78, 5) is 25.7.